The summed E-state index contributed by atoms with van der Waals surface area (Å²) in [6, 6.07) is 9.14. The van der Waals surface area contributed by atoms with E-state index in [0.29, 0.717) is 18.6 Å². The van der Waals surface area contributed by atoms with E-state index >= 15 is 0 Å². The van der Waals surface area contributed by atoms with Crippen LogP contribution in [-0.2, 0) is 6.54 Å². The predicted molar refractivity (Wildman–Crippen MR) is 54.8 cm³/mol. The van der Waals surface area contributed by atoms with Crippen molar-refractivity contribution in [2.24, 2.45) is 5.92 Å². The first-order valence-corrected chi connectivity index (χ1v) is 5.33. The van der Waals surface area contributed by atoms with Gasteiger partial charge in [0.2, 0.25) is 0 Å². The normalized spacial score (nSPS) is 30.4. The van der Waals surface area contributed by atoms with Crippen LogP contribution in [0, 0.1) is 5.92 Å². The third kappa shape index (κ3) is 1.04. The molecule has 2 nitrogen and oxygen atoms in total. The number of hydrogen-bond donors (Lipinski definition) is 1. The molecule has 14 heavy (non-hydrogen) atoms. The van der Waals surface area contributed by atoms with Gasteiger partial charge >= 0.3 is 0 Å². The number of fused-ring (bicyclic) bond motifs is 3. The van der Waals surface area contributed by atoms with E-state index in [1.54, 1.807) is 0 Å². The van der Waals surface area contributed by atoms with Crippen LogP contribution in [-0.4, -0.2) is 23.2 Å². The van der Waals surface area contributed by atoms with Crippen LogP contribution >= 0.6 is 0 Å². The van der Waals surface area contributed by atoms with Crippen molar-refractivity contribution in [3.8, 4) is 0 Å². The molecular weight excluding hydrogens is 174 g/mol. The Bertz CT molecular complexity index is 348. The van der Waals surface area contributed by atoms with Gasteiger partial charge in [-0.05, 0) is 24.1 Å². The van der Waals surface area contributed by atoms with Crippen LogP contribution in [0.25, 0.3) is 0 Å². The van der Waals surface area contributed by atoms with Gasteiger partial charge in [-0.1, -0.05) is 24.3 Å². The van der Waals surface area contributed by atoms with E-state index in [1.807, 2.05) is 0 Å². The van der Waals surface area contributed by atoms with Crippen LogP contribution in [0.4, 0.5) is 0 Å². The van der Waals surface area contributed by atoms with Gasteiger partial charge in [0.25, 0.3) is 0 Å². The molecule has 0 bridgehead atoms. The summed E-state index contributed by atoms with van der Waals surface area (Å²) < 4.78 is 0. The second kappa shape index (κ2) is 3.07. The highest BCUT2D eigenvalue weighted by Crippen LogP contribution is 2.44. The third-order valence-electron chi connectivity index (χ3n) is 3.61. The molecule has 0 amide bonds. The first kappa shape index (κ1) is 8.45. The monoisotopic (exact) mass is 189 g/mol. The molecule has 0 aliphatic carbocycles. The molecule has 1 saturated heterocycles. The summed E-state index contributed by atoms with van der Waals surface area (Å²) in [6.07, 6.45) is 1.15. The molecule has 1 N–H and O–H groups in total. The van der Waals surface area contributed by atoms with E-state index in [9.17, 15) is 5.11 Å². The Morgan fingerprint density at radius 3 is 3.07 bits per heavy atom. The van der Waals surface area contributed by atoms with E-state index in [4.69, 9.17) is 0 Å². The minimum atomic E-state index is 0.329. The zero-order valence-electron chi connectivity index (χ0n) is 8.19. The van der Waals surface area contributed by atoms with Crippen molar-refractivity contribution in [1.82, 2.24) is 4.90 Å². The summed E-state index contributed by atoms with van der Waals surface area (Å²) in [5.41, 5.74) is 2.90. The fraction of sp³-hybridized carbons (Fsp3) is 0.500. The van der Waals surface area contributed by atoms with Gasteiger partial charge < -0.3 is 5.11 Å². The van der Waals surface area contributed by atoms with Gasteiger partial charge in [-0.2, -0.15) is 0 Å². The molecule has 1 aromatic carbocycles. The van der Waals surface area contributed by atoms with E-state index in [2.05, 4.69) is 29.2 Å². The molecule has 0 spiro atoms. The van der Waals surface area contributed by atoms with Gasteiger partial charge in [0.1, 0.15) is 0 Å². The smallest absolute Gasteiger partial charge is 0.0478 e. The largest absolute Gasteiger partial charge is 0.396 e. The van der Waals surface area contributed by atoms with Crippen LogP contribution in [0.5, 0.6) is 0 Å². The molecule has 74 valence electrons. The van der Waals surface area contributed by atoms with Crippen LogP contribution in [0.2, 0.25) is 0 Å². The highest BCUT2D eigenvalue weighted by atomic mass is 16.3. The zero-order valence-corrected chi connectivity index (χ0v) is 8.19. The quantitative estimate of drug-likeness (QED) is 0.724. The molecule has 0 radical (unpaired) electrons. The van der Waals surface area contributed by atoms with E-state index in [0.717, 1.165) is 19.5 Å². The summed E-state index contributed by atoms with van der Waals surface area (Å²) in [5, 5.41) is 9.31. The first-order valence-electron chi connectivity index (χ1n) is 5.33. The van der Waals surface area contributed by atoms with Crippen LogP contribution in [0.1, 0.15) is 23.6 Å². The fourth-order valence-electron chi connectivity index (χ4n) is 2.93. The van der Waals surface area contributed by atoms with Gasteiger partial charge in [-0.3, -0.25) is 4.90 Å². The van der Waals surface area contributed by atoms with Crippen molar-refractivity contribution >= 4 is 0 Å². The zero-order chi connectivity index (χ0) is 9.54. The molecule has 0 saturated carbocycles. The molecule has 2 aliphatic heterocycles. The van der Waals surface area contributed by atoms with Crippen LogP contribution < -0.4 is 0 Å². The topological polar surface area (TPSA) is 23.5 Å². The molecule has 2 atom stereocenters. The molecule has 2 heterocycles. The molecule has 0 aromatic heterocycles. The number of aliphatic hydroxyl groups is 1. The maximum absolute atomic E-state index is 9.31. The maximum Gasteiger partial charge on any atom is 0.0478 e. The lowest BCUT2D eigenvalue weighted by molar-refractivity contribution is 0.178. The number of aliphatic hydroxyl groups excluding tert-OH is 1. The number of hydrogen-bond acceptors (Lipinski definition) is 2. The summed E-state index contributed by atoms with van der Waals surface area (Å²) in [5.74, 6) is 0.457. The third-order valence-corrected chi connectivity index (χ3v) is 3.61. The summed E-state index contributed by atoms with van der Waals surface area (Å²) >= 11 is 0. The van der Waals surface area contributed by atoms with Gasteiger partial charge in [-0.15, -0.1) is 0 Å². The lowest BCUT2D eigenvalue weighted by atomic mass is 9.94. The maximum atomic E-state index is 9.31. The fourth-order valence-corrected chi connectivity index (χ4v) is 2.93. The van der Waals surface area contributed by atoms with Gasteiger partial charge in [0.05, 0.1) is 0 Å². The molecular formula is C12H15NO. The Labute approximate surface area is 84.2 Å². The molecule has 2 heteroatoms. The molecule has 2 aliphatic rings. The second-order valence-electron chi connectivity index (χ2n) is 4.35. The summed E-state index contributed by atoms with van der Waals surface area (Å²) in [4.78, 5) is 2.49. The highest BCUT2D eigenvalue weighted by Gasteiger charge is 2.39. The van der Waals surface area contributed by atoms with E-state index < -0.39 is 0 Å². The van der Waals surface area contributed by atoms with Crippen LogP contribution in [0.3, 0.4) is 0 Å². The van der Waals surface area contributed by atoms with Crippen molar-refractivity contribution in [3.63, 3.8) is 0 Å². The Hall–Kier alpha value is -0.860. The second-order valence-corrected chi connectivity index (χ2v) is 4.35. The van der Waals surface area contributed by atoms with Crippen molar-refractivity contribution in [2.45, 2.75) is 19.0 Å². The van der Waals surface area contributed by atoms with Gasteiger partial charge in [-0.25, -0.2) is 0 Å². The minimum absolute atomic E-state index is 0.329. The summed E-state index contributed by atoms with van der Waals surface area (Å²) in [7, 11) is 0. The standard InChI is InChI=1S/C12H15NO/c14-8-10-5-6-13-7-9-3-1-2-4-11(9)12(10)13/h1-4,10,12,14H,5-8H2. The minimum Gasteiger partial charge on any atom is -0.396 e. The Kier molecular flexibility index (Phi) is 1.85. The number of rotatable bonds is 1. The Morgan fingerprint density at radius 2 is 2.21 bits per heavy atom. The van der Waals surface area contributed by atoms with Crippen molar-refractivity contribution in [3.05, 3.63) is 35.4 Å². The molecule has 1 aromatic rings. The lowest BCUT2D eigenvalue weighted by Crippen LogP contribution is -2.19. The van der Waals surface area contributed by atoms with Gasteiger partial charge in [0.15, 0.2) is 0 Å². The van der Waals surface area contributed by atoms with Crippen molar-refractivity contribution in [1.29, 1.82) is 0 Å². The average Bonchev–Trinajstić information content (AvgIpc) is 2.75. The van der Waals surface area contributed by atoms with Crippen LogP contribution in [0.15, 0.2) is 24.3 Å². The van der Waals surface area contributed by atoms with Crippen molar-refractivity contribution < 1.29 is 5.11 Å². The number of nitrogens with zero attached hydrogens (tertiary/aromatic N) is 1. The molecule has 2 unspecified atom stereocenters. The van der Waals surface area contributed by atoms with E-state index in [1.165, 1.54) is 11.1 Å². The van der Waals surface area contributed by atoms with Gasteiger partial charge in [0, 0.05) is 25.1 Å². The molecule has 1 fully saturated rings. The average molecular weight is 189 g/mol. The number of benzene rings is 1. The SMILES string of the molecule is OCC1CCN2Cc3ccccc3C12. The lowest BCUT2D eigenvalue weighted by Gasteiger charge is -2.19. The highest BCUT2D eigenvalue weighted by molar-refractivity contribution is 5.35. The summed E-state index contributed by atoms with van der Waals surface area (Å²) in [6.45, 7) is 2.55. The van der Waals surface area contributed by atoms with Crippen molar-refractivity contribution in [2.75, 3.05) is 13.2 Å². The molecule has 3 rings (SSSR count). The predicted octanol–water partition coefficient (Wildman–Crippen LogP) is 1.56. The first-order chi connectivity index (χ1) is 6.90. The Balaban J connectivity index is 2.02. The Morgan fingerprint density at radius 1 is 1.36 bits per heavy atom. The van der Waals surface area contributed by atoms with E-state index in [-0.39, 0.29) is 0 Å².